The number of carbonyl (C=O) groups is 1. The zero-order valence-corrected chi connectivity index (χ0v) is 20.9. The molecule has 0 aliphatic carbocycles. The molecule has 0 aliphatic rings. The van der Waals surface area contributed by atoms with Crippen LogP contribution in [0.5, 0.6) is 0 Å². The molecule has 2 heteroatoms. The van der Waals surface area contributed by atoms with Gasteiger partial charge in [-0.3, -0.25) is 4.79 Å². The van der Waals surface area contributed by atoms with E-state index >= 15 is 0 Å². The first-order valence-electron chi connectivity index (χ1n) is 13.8. The number of allylic oxidation sites excluding steroid dienone is 4. The van der Waals surface area contributed by atoms with Crippen molar-refractivity contribution in [2.45, 2.75) is 155 Å². The minimum Gasteiger partial charge on any atom is -0.481 e. The van der Waals surface area contributed by atoms with Crippen LogP contribution < -0.4 is 0 Å². The van der Waals surface area contributed by atoms with Crippen LogP contribution in [0.15, 0.2) is 24.3 Å². The smallest absolute Gasteiger partial charge is 0.303 e. The molecule has 0 aromatic heterocycles. The molecular weight excluding hydrogens is 380 g/mol. The van der Waals surface area contributed by atoms with Gasteiger partial charge in [0.05, 0.1) is 0 Å². The van der Waals surface area contributed by atoms with Gasteiger partial charge >= 0.3 is 5.97 Å². The van der Waals surface area contributed by atoms with Gasteiger partial charge in [0.15, 0.2) is 0 Å². The van der Waals surface area contributed by atoms with Gasteiger partial charge < -0.3 is 5.11 Å². The molecule has 0 heterocycles. The average molecular weight is 435 g/mol. The van der Waals surface area contributed by atoms with Crippen LogP contribution in [0.4, 0.5) is 0 Å². The van der Waals surface area contributed by atoms with E-state index in [2.05, 4.69) is 31.2 Å². The van der Waals surface area contributed by atoms with Crippen molar-refractivity contribution >= 4 is 5.97 Å². The van der Waals surface area contributed by atoms with Gasteiger partial charge in [0.2, 0.25) is 0 Å². The fraction of sp³-hybridized carbons (Fsp3) is 0.828. The van der Waals surface area contributed by atoms with Crippen molar-refractivity contribution in [3.8, 4) is 0 Å². The van der Waals surface area contributed by atoms with E-state index in [4.69, 9.17) is 5.11 Å². The summed E-state index contributed by atoms with van der Waals surface area (Å²) in [4.78, 5) is 10.4. The lowest BCUT2D eigenvalue weighted by atomic mass is 10.0. The van der Waals surface area contributed by atoms with Gasteiger partial charge in [-0.2, -0.15) is 0 Å². The van der Waals surface area contributed by atoms with Crippen LogP contribution in [0.1, 0.15) is 155 Å². The molecule has 0 aliphatic heterocycles. The third kappa shape index (κ3) is 28.9. The zero-order chi connectivity index (χ0) is 22.7. The van der Waals surface area contributed by atoms with Gasteiger partial charge in [-0.25, -0.2) is 0 Å². The largest absolute Gasteiger partial charge is 0.481 e. The van der Waals surface area contributed by atoms with Crippen molar-refractivity contribution in [1.29, 1.82) is 0 Å². The Morgan fingerprint density at radius 1 is 0.516 bits per heavy atom. The van der Waals surface area contributed by atoms with Gasteiger partial charge in [0, 0.05) is 6.42 Å². The zero-order valence-electron chi connectivity index (χ0n) is 20.9. The number of hydrogen-bond acceptors (Lipinski definition) is 1. The molecule has 0 amide bonds. The van der Waals surface area contributed by atoms with E-state index in [9.17, 15) is 4.79 Å². The van der Waals surface area contributed by atoms with Crippen molar-refractivity contribution in [3.05, 3.63) is 24.3 Å². The number of rotatable bonds is 25. The number of hydrogen-bond donors (Lipinski definition) is 1. The Morgan fingerprint density at radius 3 is 1.26 bits per heavy atom. The highest BCUT2D eigenvalue weighted by atomic mass is 16.4. The van der Waals surface area contributed by atoms with E-state index in [-0.39, 0.29) is 0 Å². The van der Waals surface area contributed by atoms with Crippen LogP contribution >= 0.6 is 0 Å². The lowest BCUT2D eigenvalue weighted by Gasteiger charge is -2.04. The normalized spacial score (nSPS) is 11.8. The quantitative estimate of drug-likeness (QED) is 0.115. The van der Waals surface area contributed by atoms with Crippen molar-refractivity contribution in [2.24, 2.45) is 0 Å². The first-order valence-corrected chi connectivity index (χ1v) is 13.8. The predicted octanol–water partition coefficient (Wildman–Crippen LogP) is 10.2. The van der Waals surface area contributed by atoms with Crippen molar-refractivity contribution in [2.75, 3.05) is 0 Å². The second kappa shape index (κ2) is 27.0. The Morgan fingerprint density at radius 2 is 0.871 bits per heavy atom. The highest BCUT2D eigenvalue weighted by Crippen LogP contribution is 2.15. The first-order chi connectivity index (χ1) is 15.3. The van der Waals surface area contributed by atoms with Crippen LogP contribution in [0.25, 0.3) is 0 Å². The topological polar surface area (TPSA) is 37.3 Å². The van der Waals surface area contributed by atoms with E-state index in [1.807, 2.05) is 0 Å². The summed E-state index contributed by atoms with van der Waals surface area (Å²) in [6, 6.07) is 0. The number of unbranched alkanes of at least 4 members (excludes halogenated alkanes) is 19. The molecule has 0 saturated carbocycles. The Kier molecular flexibility index (Phi) is 26.1. The van der Waals surface area contributed by atoms with Crippen molar-refractivity contribution < 1.29 is 9.90 Å². The Labute approximate surface area is 195 Å². The fourth-order valence-corrected chi connectivity index (χ4v) is 4.04. The molecule has 0 aromatic rings. The Hall–Kier alpha value is -1.05. The lowest BCUT2D eigenvalue weighted by Crippen LogP contribution is -1.93. The van der Waals surface area contributed by atoms with Crippen LogP contribution in [0, 0.1) is 0 Å². The molecule has 0 bridgehead atoms. The second-order valence-corrected chi connectivity index (χ2v) is 9.26. The van der Waals surface area contributed by atoms with Crippen molar-refractivity contribution in [1.82, 2.24) is 0 Å². The van der Waals surface area contributed by atoms with Crippen LogP contribution in [-0.2, 0) is 4.79 Å². The van der Waals surface area contributed by atoms with Gasteiger partial charge in [0.1, 0.15) is 0 Å². The summed E-state index contributed by atoms with van der Waals surface area (Å²) in [7, 11) is 0. The summed E-state index contributed by atoms with van der Waals surface area (Å²) in [5.41, 5.74) is 0. The second-order valence-electron chi connectivity index (χ2n) is 9.26. The standard InChI is InChI=1S/C29H54O2/c1-2-3-4-5-6-7-8-9-10-11-12-13-14-15-16-17-18-19-20-21-22-23-24-25-26-27-28-29(30)31/h4-5,7-8H,2-3,6,9-28H2,1H3,(H,30,31). The molecule has 31 heavy (non-hydrogen) atoms. The molecule has 182 valence electrons. The summed E-state index contributed by atoms with van der Waals surface area (Å²) in [6.07, 6.45) is 38.6. The molecule has 0 rings (SSSR count). The minimum atomic E-state index is -0.652. The van der Waals surface area contributed by atoms with Gasteiger partial charge in [-0.05, 0) is 32.1 Å². The average Bonchev–Trinajstić information content (AvgIpc) is 2.76. The molecule has 0 radical (unpaired) electrons. The van der Waals surface area contributed by atoms with Gasteiger partial charge in [0.25, 0.3) is 0 Å². The summed E-state index contributed by atoms with van der Waals surface area (Å²) in [6.45, 7) is 2.23. The van der Waals surface area contributed by atoms with Gasteiger partial charge in [-0.1, -0.05) is 140 Å². The number of carboxylic acid groups (broad SMARTS) is 1. The van der Waals surface area contributed by atoms with E-state index < -0.39 is 5.97 Å². The van der Waals surface area contributed by atoms with Crippen LogP contribution in [0.2, 0.25) is 0 Å². The summed E-state index contributed by atoms with van der Waals surface area (Å²) in [5.74, 6) is -0.652. The molecular formula is C29H54O2. The highest BCUT2D eigenvalue weighted by Gasteiger charge is 1.97. The highest BCUT2D eigenvalue weighted by molar-refractivity contribution is 5.66. The maximum atomic E-state index is 10.4. The van der Waals surface area contributed by atoms with E-state index in [0.717, 1.165) is 19.3 Å². The molecule has 1 N–H and O–H groups in total. The van der Waals surface area contributed by atoms with E-state index in [1.54, 1.807) is 0 Å². The molecule has 0 aromatic carbocycles. The van der Waals surface area contributed by atoms with E-state index in [1.165, 1.54) is 122 Å². The maximum absolute atomic E-state index is 10.4. The molecule has 0 unspecified atom stereocenters. The maximum Gasteiger partial charge on any atom is 0.303 e. The van der Waals surface area contributed by atoms with Crippen LogP contribution in [-0.4, -0.2) is 11.1 Å². The third-order valence-corrected chi connectivity index (χ3v) is 6.07. The minimum absolute atomic E-state index is 0.343. The summed E-state index contributed by atoms with van der Waals surface area (Å²) in [5, 5.41) is 8.60. The molecule has 0 saturated heterocycles. The number of aliphatic carboxylic acids is 1. The van der Waals surface area contributed by atoms with Crippen molar-refractivity contribution in [3.63, 3.8) is 0 Å². The monoisotopic (exact) mass is 434 g/mol. The first kappa shape index (κ1) is 29.9. The summed E-state index contributed by atoms with van der Waals surface area (Å²) >= 11 is 0. The predicted molar refractivity (Wildman–Crippen MR) is 138 cm³/mol. The number of carboxylic acids is 1. The van der Waals surface area contributed by atoms with Gasteiger partial charge in [-0.15, -0.1) is 0 Å². The Balaban J connectivity index is 3.08. The Bertz CT molecular complexity index is 411. The molecule has 2 nitrogen and oxygen atoms in total. The van der Waals surface area contributed by atoms with E-state index in [0.29, 0.717) is 6.42 Å². The third-order valence-electron chi connectivity index (χ3n) is 6.07. The fourth-order valence-electron chi connectivity index (χ4n) is 4.04. The molecule has 0 spiro atoms. The lowest BCUT2D eigenvalue weighted by molar-refractivity contribution is -0.137. The van der Waals surface area contributed by atoms with Crippen LogP contribution in [0.3, 0.4) is 0 Å². The molecule has 0 atom stereocenters. The SMILES string of the molecule is CCCC=CCC=CCCCCCCCCCCCCCCCCCCCCC(=O)O. The summed E-state index contributed by atoms with van der Waals surface area (Å²) < 4.78 is 0. The molecule has 0 fully saturated rings.